The molecule has 2 unspecified atom stereocenters. The Hall–Kier alpha value is -1.27. The molecule has 0 amide bonds. The number of rotatable bonds is 3. The van der Waals surface area contributed by atoms with Crippen LogP contribution in [0.15, 0.2) is 16.5 Å². The fourth-order valence-corrected chi connectivity index (χ4v) is 1.25. The summed E-state index contributed by atoms with van der Waals surface area (Å²) in [5.41, 5.74) is -0.774. The SMILES string of the molecule is CCC(C)(C#N)C(O)c1ccc(C)o1. The fourth-order valence-electron chi connectivity index (χ4n) is 1.25. The van der Waals surface area contributed by atoms with Crippen LogP contribution in [0.4, 0.5) is 0 Å². The minimum absolute atomic E-state index is 0.466. The maximum absolute atomic E-state index is 9.94. The van der Waals surface area contributed by atoms with Crippen molar-refractivity contribution in [3.8, 4) is 6.07 Å². The van der Waals surface area contributed by atoms with Crippen LogP contribution in [0.25, 0.3) is 0 Å². The molecule has 1 heterocycles. The molecule has 2 atom stereocenters. The Morgan fingerprint density at radius 1 is 1.64 bits per heavy atom. The highest BCUT2D eigenvalue weighted by Crippen LogP contribution is 2.36. The minimum Gasteiger partial charge on any atom is -0.464 e. The highest BCUT2D eigenvalue weighted by molar-refractivity contribution is 5.14. The van der Waals surface area contributed by atoms with Crippen molar-refractivity contribution in [2.24, 2.45) is 5.41 Å². The van der Waals surface area contributed by atoms with E-state index in [1.54, 1.807) is 19.1 Å². The lowest BCUT2D eigenvalue weighted by atomic mass is 9.82. The largest absolute Gasteiger partial charge is 0.464 e. The molecule has 0 aliphatic heterocycles. The molecule has 0 aromatic carbocycles. The Morgan fingerprint density at radius 3 is 2.64 bits per heavy atom. The van der Waals surface area contributed by atoms with Gasteiger partial charge in [0.05, 0.1) is 11.5 Å². The Morgan fingerprint density at radius 2 is 2.29 bits per heavy atom. The Balaban J connectivity index is 2.95. The van der Waals surface area contributed by atoms with Crippen LogP contribution in [-0.4, -0.2) is 5.11 Å². The molecular weight excluding hydrogens is 178 g/mol. The second kappa shape index (κ2) is 3.85. The van der Waals surface area contributed by atoms with Crippen LogP contribution in [0.5, 0.6) is 0 Å². The fraction of sp³-hybridized carbons (Fsp3) is 0.545. The van der Waals surface area contributed by atoms with E-state index < -0.39 is 11.5 Å². The van der Waals surface area contributed by atoms with Crippen molar-refractivity contribution < 1.29 is 9.52 Å². The molecule has 0 bridgehead atoms. The van der Waals surface area contributed by atoms with Crippen LogP contribution < -0.4 is 0 Å². The third-order valence-corrected chi connectivity index (χ3v) is 2.62. The van der Waals surface area contributed by atoms with Gasteiger partial charge in [0.1, 0.15) is 17.6 Å². The molecule has 3 nitrogen and oxygen atoms in total. The number of aryl methyl sites for hydroxylation is 1. The summed E-state index contributed by atoms with van der Waals surface area (Å²) in [6.07, 6.45) is -0.268. The number of aliphatic hydroxyl groups excluding tert-OH is 1. The third-order valence-electron chi connectivity index (χ3n) is 2.62. The summed E-state index contributed by atoms with van der Waals surface area (Å²) in [6, 6.07) is 5.62. The summed E-state index contributed by atoms with van der Waals surface area (Å²) >= 11 is 0. The van der Waals surface area contributed by atoms with E-state index in [-0.39, 0.29) is 0 Å². The summed E-state index contributed by atoms with van der Waals surface area (Å²) in [4.78, 5) is 0. The molecule has 0 fully saturated rings. The molecule has 14 heavy (non-hydrogen) atoms. The monoisotopic (exact) mass is 193 g/mol. The molecule has 0 aliphatic rings. The zero-order valence-electron chi connectivity index (χ0n) is 8.74. The number of aliphatic hydroxyl groups is 1. The van der Waals surface area contributed by atoms with E-state index in [9.17, 15) is 5.11 Å². The average molecular weight is 193 g/mol. The predicted octanol–water partition coefficient (Wildman–Crippen LogP) is 2.56. The quantitative estimate of drug-likeness (QED) is 0.802. The van der Waals surface area contributed by atoms with Crippen molar-refractivity contribution in [3.05, 3.63) is 23.7 Å². The van der Waals surface area contributed by atoms with Crippen LogP contribution in [0.1, 0.15) is 37.9 Å². The zero-order valence-corrected chi connectivity index (χ0v) is 8.74. The van der Waals surface area contributed by atoms with E-state index in [1.807, 2.05) is 13.8 Å². The Bertz CT molecular complexity index is 350. The molecule has 1 aromatic rings. The smallest absolute Gasteiger partial charge is 0.134 e. The molecule has 0 saturated carbocycles. The van der Waals surface area contributed by atoms with Gasteiger partial charge >= 0.3 is 0 Å². The maximum atomic E-state index is 9.94. The van der Waals surface area contributed by atoms with Gasteiger partial charge in [0.25, 0.3) is 0 Å². The standard InChI is InChI=1S/C11H15NO2/c1-4-11(3,7-12)10(13)9-6-5-8(2)14-9/h5-6,10,13H,4H2,1-3H3. The van der Waals surface area contributed by atoms with E-state index >= 15 is 0 Å². The van der Waals surface area contributed by atoms with Crippen LogP contribution in [0.2, 0.25) is 0 Å². The van der Waals surface area contributed by atoms with Gasteiger partial charge in [-0.15, -0.1) is 0 Å². The molecule has 0 aliphatic carbocycles. The first-order valence-corrected chi connectivity index (χ1v) is 4.69. The molecule has 76 valence electrons. The summed E-state index contributed by atoms with van der Waals surface area (Å²) < 4.78 is 5.29. The van der Waals surface area contributed by atoms with Gasteiger partial charge in [-0.05, 0) is 32.4 Å². The van der Waals surface area contributed by atoms with Crippen LogP contribution >= 0.6 is 0 Å². The van der Waals surface area contributed by atoms with Crippen molar-refractivity contribution in [2.75, 3.05) is 0 Å². The van der Waals surface area contributed by atoms with Gasteiger partial charge in [-0.25, -0.2) is 0 Å². The second-order valence-electron chi connectivity index (χ2n) is 3.73. The summed E-state index contributed by atoms with van der Waals surface area (Å²) in [5.74, 6) is 1.21. The van der Waals surface area contributed by atoms with E-state index in [2.05, 4.69) is 6.07 Å². The van der Waals surface area contributed by atoms with Crippen LogP contribution in [0, 0.1) is 23.7 Å². The Labute approximate surface area is 84.0 Å². The molecule has 0 radical (unpaired) electrons. The lowest BCUT2D eigenvalue weighted by Gasteiger charge is -2.24. The zero-order chi connectivity index (χ0) is 10.8. The summed E-state index contributed by atoms with van der Waals surface area (Å²) in [7, 11) is 0. The first-order valence-electron chi connectivity index (χ1n) is 4.69. The lowest BCUT2D eigenvalue weighted by molar-refractivity contribution is 0.0517. The second-order valence-corrected chi connectivity index (χ2v) is 3.73. The minimum atomic E-state index is -0.855. The Kier molecular flexibility index (Phi) is 2.97. The molecule has 0 spiro atoms. The maximum Gasteiger partial charge on any atom is 0.134 e. The normalized spacial score (nSPS) is 17.1. The van der Waals surface area contributed by atoms with Gasteiger partial charge in [-0.2, -0.15) is 5.26 Å². The summed E-state index contributed by atoms with van der Waals surface area (Å²) in [6.45, 7) is 5.42. The predicted molar refractivity (Wildman–Crippen MR) is 52.4 cm³/mol. The third kappa shape index (κ3) is 1.80. The topological polar surface area (TPSA) is 57.2 Å². The average Bonchev–Trinajstić information content (AvgIpc) is 2.62. The molecule has 3 heteroatoms. The number of furan rings is 1. The van der Waals surface area contributed by atoms with Crippen molar-refractivity contribution in [2.45, 2.75) is 33.3 Å². The summed E-state index contributed by atoms with van der Waals surface area (Å²) in [5, 5.41) is 18.9. The van der Waals surface area contributed by atoms with E-state index in [0.717, 1.165) is 5.76 Å². The number of hydrogen-bond acceptors (Lipinski definition) is 3. The van der Waals surface area contributed by atoms with Crippen molar-refractivity contribution in [1.82, 2.24) is 0 Å². The van der Waals surface area contributed by atoms with E-state index in [1.165, 1.54) is 0 Å². The number of hydrogen-bond donors (Lipinski definition) is 1. The number of nitriles is 1. The van der Waals surface area contributed by atoms with Gasteiger partial charge in [0.2, 0.25) is 0 Å². The highest BCUT2D eigenvalue weighted by atomic mass is 16.4. The van der Waals surface area contributed by atoms with Gasteiger partial charge in [0, 0.05) is 0 Å². The van der Waals surface area contributed by atoms with E-state index in [0.29, 0.717) is 12.2 Å². The molecule has 1 rings (SSSR count). The molecular formula is C11H15NO2. The van der Waals surface area contributed by atoms with Crippen molar-refractivity contribution in [3.63, 3.8) is 0 Å². The lowest BCUT2D eigenvalue weighted by Crippen LogP contribution is -2.22. The van der Waals surface area contributed by atoms with Crippen LogP contribution in [0.3, 0.4) is 0 Å². The first-order chi connectivity index (χ1) is 6.53. The molecule has 1 aromatic heterocycles. The van der Waals surface area contributed by atoms with Gasteiger partial charge in [-0.3, -0.25) is 0 Å². The van der Waals surface area contributed by atoms with Gasteiger partial charge in [-0.1, -0.05) is 6.92 Å². The molecule has 1 N–H and O–H groups in total. The van der Waals surface area contributed by atoms with Crippen molar-refractivity contribution in [1.29, 1.82) is 5.26 Å². The first kappa shape index (κ1) is 10.8. The number of nitrogens with zero attached hydrogens (tertiary/aromatic N) is 1. The van der Waals surface area contributed by atoms with Crippen molar-refractivity contribution >= 4 is 0 Å². The molecule has 0 saturated heterocycles. The van der Waals surface area contributed by atoms with Gasteiger partial charge in [0.15, 0.2) is 0 Å². The highest BCUT2D eigenvalue weighted by Gasteiger charge is 2.34. The van der Waals surface area contributed by atoms with E-state index in [4.69, 9.17) is 9.68 Å². The van der Waals surface area contributed by atoms with Crippen LogP contribution in [-0.2, 0) is 0 Å². The van der Waals surface area contributed by atoms with Gasteiger partial charge < -0.3 is 9.52 Å².